The summed E-state index contributed by atoms with van der Waals surface area (Å²) in [6.07, 6.45) is 0. The van der Waals surface area contributed by atoms with Crippen LogP contribution in [-0.4, -0.2) is 4.98 Å². The van der Waals surface area contributed by atoms with Crippen molar-refractivity contribution in [2.24, 2.45) is 0 Å². The van der Waals surface area contributed by atoms with Crippen LogP contribution in [0, 0.1) is 6.92 Å². The van der Waals surface area contributed by atoms with Crippen molar-refractivity contribution in [2.45, 2.75) is 13.5 Å². The molecule has 0 radical (unpaired) electrons. The lowest BCUT2D eigenvalue weighted by Gasteiger charge is -2.05. The van der Waals surface area contributed by atoms with Crippen molar-refractivity contribution < 1.29 is 4.74 Å². The van der Waals surface area contributed by atoms with Gasteiger partial charge in [0, 0.05) is 0 Å². The smallest absolute Gasteiger partial charge is 0.130 e. The van der Waals surface area contributed by atoms with E-state index in [9.17, 15) is 0 Å². The first kappa shape index (κ1) is 11.0. The van der Waals surface area contributed by atoms with E-state index in [-0.39, 0.29) is 0 Å². The van der Waals surface area contributed by atoms with Crippen LogP contribution in [0.15, 0.2) is 42.5 Å². The zero-order valence-electron chi connectivity index (χ0n) is 8.98. The molecule has 0 bridgehead atoms. The number of hydrogen-bond acceptors (Lipinski definition) is 2. The summed E-state index contributed by atoms with van der Waals surface area (Å²) >= 11 is 5.78. The highest BCUT2D eigenvalue weighted by molar-refractivity contribution is 6.29. The fourth-order valence-corrected chi connectivity index (χ4v) is 1.50. The molecule has 0 saturated carbocycles. The van der Waals surface area contributed by atoms with Gasteiger partial charge >= 0.3 is 0 Å². The van der Waals surface area contributed by atoms with Crippen molar-refractivity contribution >= 4 is 11.6 Å². The number of halogens is 1. The Morgan fingerprint density at radius 2 is 1.88 bits per heavy atom. The maximum absolute atomic E-state index is 5.78. The summed E-state index contributed by atoms with van der Waals surface area (Å²) in [5.74, 6) is 0.840. The van der Waals surface area contributed by atoms with Gasteiger partial charge in [0.2, 0.25) is 0 Å². The topological polar surface area (TPSA) is 22.1 Å². The maximum atomic E-state index is 5.78. The average molecular weight is 234 g/mol. The summed E-state index contributed by atoms with van der Waals surface area (Å²) < 4.78 is 5.58. The summed E-state index contributed by atoms with van der Waals surface area (Å²) in [5.41, 5.74) is 2.04. The summed E-state index contributed by atoms with van der Waals surface area (Å²) in [6, 6.07) is 13.4. The molecule has 2 rings (SSSR count). The van der Waals surface area contributed by atoms with E-state index < -0.39 is 0 Å². The molecule has 1 aromatic heterocycles. The molecule has 0 aliphatic heterocycles. The summed E-state index contributed by atoms with van der Waals surface area (Å²) in [6.45, 7) is 2.48. The number of pyridine rings is 1. The molecule has 0 spiro atoms. The number of aromatic nitrogens is 1. The van der Waals surface area contributed by atoms with Gasteiger partial charge < -0.3 is 4.74 Å². The van der Waals surface area contributed by atoms with E-state index in [1.54, 1.807) is 6.07 Å². The van der Waals surface area contributed by atoms with Crippen molar-refractivity contribution in [1.82, 2.24) is 4.98 Å². The van der Waals surface area contributed by atoms with Gasteiger partial charge in [0.25, 0.3) is 0 Å². The van der Waals surface area contributed by atoms with Crippen LogP contribution in [-0.2, 0) is 6.61 Å². The van der Waals surface area contributed by atoms with Crippen LogP contribution in [0.2, 0.25) is 5.15 Å². The van der Waals surface area contributed by atoms with Crippen molar-refractivity contribution in [3.8, 4) is 5.75 Å². The first-order valence-corrected chi connectivity index (χ1v) is 5.43. The molecule has 0 amide bonds. The van der Waals surface area contributed by atoms with E-state index in [0.29, 0.717) is 11.8 Å². The van der Waals surface area contributed by atoms with Crippen molar-refractivity contribution in [2.75, 3.05) is 0 Å². The lowest BCUT2D eigenvalue weighted by Crippen LogP contribution is -1.97. The lowest BCUT2D eigenvalue weighted by atomic mass is 10.2. The van der Waals surface area contributed by atoms with Gasteiger partial charge in [-0.25, -0.2) is 4.98 Å². The van der Waals surface area contributed by atoms with E-state index in [1.165, 1.54) is 5.56 Å². The Morgan fingerprint density at radius 3 is 2.56 bits per heavy atom. The lowest BCUT2D eigenvalue weighted by molar-refractivity contribution is 0.301. The van der Waals surface area contributed by atoms with E-state index in [2.05, 4.69) is 4.98 Å². The van der Waals surface area contributed by atoms with Gasteiger partial charge in [-0.3, -0.25) is 0 Å². The highest BCUT2D eigenvalue weighted by Gasteiger charge is 1.97. The molecule has 0 aliphatic rings. The zero-order valence-corrected chi connectivity index (χ0v) is 9.74. The summed E-state index contributed by atoms with van der Waals surface area (Å²) in [4.78, 5) is 4.15. The third-order valence-electron chi connectivity index (χ3n) is 2.18. The zero-order chi connectivity index (χ0) is 11.4. The fourth-order valence-electron chi connectivity index (χ4n) is 1.32. The average Bonchev–Trinajstić information content (AvgIpc) is 2.28. The standard InChI is InChI=1S/C13H12ClNO/c1-10-5-7-12(8-6-10)16-9-11-3-2-4-13(14)15-11/h2-8H,9H2,1H3. The van der Waals surface area contributed by atoms with Crippen molar-refractivity contribution in [1.29, 1.82) is 0 Å². The Bertz CT molecular complexity index is 468. The second-order valence-electron chi connectivity index (χ2n) is 3.55. The van der Waals surface area contributed by atoms with Crippen LogP contribution in [0.4, 0.5) is 0 Å². The first-order chi connectivity index (χ1) is 7.74. The molecular weight excluding hydrogens is 222 g/mol. The Kier molecular flexibility index (Phi) is 3.42. The number of hydrogen-bond donors (Lipinski definition) is 0. The minimum absolute atomic E-state index is 0.434. The molecule has 0 unspecified atom stereocenters. The van der Waals surface area contributed by atoms with Gasteiger partial charge in [-0.15, -0.1) is 0 Å². The molecule has 3 heteroatoms. The van der Waals surface area contributed by atoms with Gasteiger partial charge in [0.15, 0.2) is 0 Å². The van der Waals surface area contributed by atoms with Crippen LogP contribution < -0.4 is 4.74 Å². The maximum Gasteiger partial charge on any atom is 0.130 e. The predicted octanol–water partition coefficient (Wildman–Crippen LogP) is 3.62. The minimum atomic E-state index is 0.434. The van der Waals surface area contributed by atoms with E-state index >= 15 is 0 Å². The molecule has 0 atom stereocenters. The van der Waals surface area contributed by atoms with Crippen LogP contribution in [0.25, 0.3) is 0 Å². The number of ether oxygens (including phenoxy) is 1. The first-order valence-electron chi connectivity index (χ1n) is 5.05. The molecule has 2 nitrogen and oxygen atoms in total. The summed E-state index contributed by atoms with van der Waals surface area (Å²) in [7, 11) is 0. The Hall–Kier alpha value is -1.54. The Labute approximate surface area is 99.9 Å². The number of nitrogens with zero attached hydrogens (tertiary/aromatic N) is 1. The van der Waals surface area contributed by atoms with Crippen LogP contribution >= 0.6 is 11.6 Å². The largest absolute Gasteiger partial charge is 0.487 e. The van der Waals surface area contributed by atoms with E-state index in [1.807, 2.05) is 43.3 Å². The van der Waals surface area contributed by atoms with Crippen LogP contribution in [0.5, 0.6) is 5.75 Å². The Balaban J connectivity index is 1.99. The molecule has 16 heavy (non-hydrogen) atoms. The highest BCUT2D eigenvalue weighted by atomic mass is 35.5. The third-order valence-corrected chi connectivity index (χ3v) is 2.39. The normalized spacial score (nSPS) is 10.1. The predicted molar refractivity (Wildman–Crippen MR) is 64.8 cm³/mol. The molecule has 0 saturated heterocycles. The SMILES string of the molecule is Cc1ccc(OCc2cccc(Cl)n2)cc1. The minimum Gasteiger partial charge on any atom is -0.487 e. The second kappa shape index (κ2) is 4.99. The van der Waals surface area contributed by atoms with Crippen LogP contribution in [0.3, 0.4) is 0 Å². The number of aryl methyl sites for hydroxylation is 1. The van der Waals surface area contributed by atoms with Crippen molar-refractivity contribution in [3.63, 3.8) is 0 Å². The van der Waals surface area contributed by atoms with Gasteiger partial charge in [-0.1, -0.05) is 35.4 Å². The Morgan fingerprint density at radius 1 is 1.12 bits per heavy atom. The van der Waals surface area contributed by atoms with Gasteiger partial charge in [0.1, 0.15) is 17.5 Å². The second-order valence-corrected chi connectivity index (χ2v) is 3.94. The number of rotatable bonds is 3. The fraction of sp³-hybridized carbons (Fsp3) is 0.154. The van der Waals surface area contributed by atoms with E-state index in [4.69, 9.17) is 16.3 Å². The molecule has 2 aromatic rings. The van der Waals surface area contributed by atoms with Crippen LogP contribution in [0.1, 0.15) is 11.3 Å². The molecule has 0 aliphatic carbocycles. The molecule has 82 valence electrons. The molecule has 1 heterocycles. The molecule has 0 fully saturated rings. The number of benzene rings is 1. The molecule has 0 N–H and O–H groups in total. The highest BCUT2D eigenvalue weighted by Crippen LogP contribution is 2.13. The van der Waals surface area contributed by atoms with Gasteiger partial charge in [-0.2, -0.15) is 0 Å². The molecular formula is C13H12ClNO. The third kappa shape index (κ3) is 2.97. The molecule has 1 aromatic carbocycles. The van der Waals surface area contributed by atoms with E-state index in [0.717, 1.165) is 11.4 Å². The van der Waals surface area contributed by atoms with Crippen molar-refractivity contribution in [3.05, 3.63) is 58.9 Å². The monoisotopic (exact) mass is 233 g/mol. The van der Waals surface area contributed by atoms with Gasteiger partial charge in [0.05, 0.1) is 5.69 Å². The van der Waals surface area contributed by atoms with Gasteiger partial charge in [-0.05, 0) is 31.2 Å². The quantitative estimate of drug-likeness (QED) is 0.756. The summed E-state index contributed by atoms with van der Waals surface area (Å²) in [5, 5.41) is 0.491.